The van der Waals surface area contributed by atoms with Gasteiger partial charge in [-0.05, 0) is 18.6 Å². The molecule has 0 heterocycles. The molecule has 0 aliphatic carbocycles. The Balaban J connectivity index is 3.02. The third-order valence-electron chi connectivity index (χ3n) is 2.29. The van der Waals surface area contributed by atoms with E-state index in [4.69, 9.17) is 5.26 Å². The third-order valence-corrected chi connectivity index (χ3v) is 2.29. The average Bonchev–Trinajstić information content (AvgIpc) is 2.32. The van der Waals surface area contributed by atoms with Crippen molar-refractivity contribution in [2.75, 3.05) is 5.32 Å². The van der Waals surface area contributed by atoms with E-state index in [-0.39, 0.29) is 12.1 Å². The molecule has 0 saturated heterocycles. The van der Waals surface area contributed by atoms with Crippen LogP contribution in [0.2, 0.25) is 0 Å². The quantitative estimate of drug-likeness (QED) is 0.655. The molecule has 1 atom stereocenters. The third kappa shape index (κ3) is 3.01. The maximum Gasteiger partial charge on any atom is 0.295 e. The van der Waals surface area contributed by atoms with E-state index < -0.39 is 28.3 Å². The summed E-state index contributed by atoms with van der Waals surface area (Å²) in [6.45, 7) is 1.65. The fourth-order valence-corrected chi connectivity index (χ4v) is 1.32. The van der Waals surface area contributed by atoms with Crippen LogP contribution < -0.4 is 5.32 Å². The standard InChI is InChI=1S/C11H10FN3O3/c1-2-7(6-13)11(16)14-9-4-3-8(12)5-10(9)15(17)18/h3-5,7H,2H2,1H3,(H,14,16). The molecule has 6 nitrogen and oxygen atoms in total. The normalized spacial score (nSPS) is 11.4. The average molecular weight is 251 g/mol. The molecule has 0 saturated carbocycles. The Labute approximate surface area is 102 Å². The highest BCUT2D eigenvalue weighted by atomic mass is 19.1. The molecule has 0 aliphatic rings. The number of hydrogen-bond donors (Lipinski definition) is 1. The van der Waals surface area contributed by atoms with Crippen molar-refractivity contribution in [2.45, 2.75) is 13.3 Å². The van der Waals surface area contributed by atoms with Crippen molar-refractivity contribution in [1.82, 2.24) is 0 Å². The van der Waals surface area contributed by atoms with Gasteiger partial charge in [0.05, 0.1) is 17.1 Å². The molecule has 1 N–H and O–H groups in total. The summed E-state index contributed by atoms with van der Waals surface area (Å²) in [5.41, 5.74) is -0.670. The van der Waals surface area contributed by atoms with Crippen molar-refractivity contribution in [3.8, 4) is 6.07 Å². The van der Waals surface area contributed by atoms with Crippen LogP contribution in [0.25, 0.3) is 0 Å². The summed E-state index contributed by atoms with van der Waals surface area (Å²) in [4.78, 5) is 21.5. The van der Waals surface area contributed by atoms with E-state index >= 15 is 0 Å². The van der Waals surface area contributed by atoms with E-state index in [1.807, 2.05) is 0 Å². The zero-order chi connectivity index (χ0) is 13.7. The molecule has 1 aromatic carbocycles. The number of nitrogens with one attached hydrogen (secondary N) is 1. The molecule has 0 radical (unpaired) electrons. The van der Waals surface area contributed by atoms with Crippen molar-refractivity contribution in [3.05, 3.63) is 34.1 Å². The van der Waals surface area contributed by atoms with Gasteiger partial charge in [-0.2, -0.15) is 5.26 Å². The summed E-state index contributed by atoms with van der Waals surface area (Å²) in [6, 6.07) is 4.58. The lowest BCUT2D eigenvalue weighted by molar-refractivity contribution is -0.384. The fourth-order valence-electron chi connectivity index (χ4n) is 1.32. The second-order valence-corrected chi connectivity index (χ2v) is 3.50. The van der Waals surface area contributed by atoms with Crippen LogP contribution in [0.4, 0.5) is 15.8 Å². The number of amides is 1. The van der Waals surface area contributed by atoms with Gasteiger partial charge in [0.1, 0.15) is 17.4 Å². The summed E-state index contributed by atoms with van der Waals surface area (Å²) in [7, 11) is 0. The number of nitriles is 1. The first-order valence-corrected chi connectivity index (χ1v) is 5.14. The minimum atomic E-state index is -0.894. The number of carbonyl (C=O) groups is 1. The summed E-state index contributed by atoms with van der Waals surface area (Å²) in [5.74, 6) is -2.31. The minimum absolute atomic E-state index is 0.125. The van der Waals surface area contributed by atoms with Gasteiger partial charge >= 0.3 is 0 Å². The maximum absolute atomic E-state index is 12.9. The largest absolute Gasteiger partial charge is 0.319 e. The number of carbonyl (C=O) groups excluding carboxylic acids is 1. The van der Waals surface area contributed by atoms with Crippen LogP contribution in [0, 0.1) is 33.2 Å². The molecule has 0 fully saturated rings. The number of benzene rings is 1. The smallest absolute Gasteiger partial charge is 0.295 e. The van der Waals surface area contributed by atoms with Gasteiger partial charge in [-0.25, -0.2) is 4.39 Å². The summed E-state index contributed by atoms with van der Waals surface area (Å²) < 4.78 is 12.9. The van der Waals surface area contributed by atoms with Crippen molar-refractivity contribution >= 4 is 17.3 Å². The van der Waals surface area contributed by atoms with Gasteiger partial charge in [0.15, 0.2) is 0 Å². The Bertz CT molecular complexity index is 525. The molecule has 7 heteroatoms. The minimum Gasteiger partial charge on any atom is -0.319 e. The lowest BCUT2D eigenvalue weighted by atomic mass is 10.1. The second kappa shape index (κ2) is 5.72. The van der Waals surface area contributed by atoms with E-state index in [0.29, 0.717) is 6.07 Å². The van der Waals surface area contributed by atoms with Crippen LogP contribution in [0.1, 0.15) is 13.3 Å². The topological polar surface area (TPSA) is 96.0 Å². The molecule has 0 bridgehead atoms. The number of rotatable bonds is 4. The van der Waals surface area contributed by atoms with Crippen molar-refractivity contribution in [2.24, 2.45) is 5.92 Å². The molecule has 0 spiro atoms. The molecule has 18 heavy (non-hydrogen) atoms. The maximum atomic E-state index is 12.9. The van der Waals surface area contributed by atoms with E-state index in [0.717, 1.165) is 12.1 Å². The van der Waals surface area contributed by atoms with Gasteiger partial charge < -0.3 is 5.32 Å². The van der Waals surface area contributed by atoms with Crippen LogP contribution in [-0.4, -0.2) is 10.8 Å². The lowest BCUT2D eigenvalue weighted by Gasteiger charge is -2.08. The summed E-state index contributed by atoms with van der Waals surface area (Å²) in [5, 5.41) is 21.6. The Morgan fingerprint density at radius 1 is 1.67 bits per heavy atom. The number of halogens is 1. The molecule has 94 valence electrons. The van der Waals surface area contributed by atoms with Crippen LogP contribution in [0.3, 0.4) is 0 Å². The van der Waals surface area contributed by atoms with Gasteiger partial charge in [-0.1, -0.05) is 6.92 Å². The molecule has 0 aliphatic heterocycles. The second-order valence-electron chi connectivity index (χ2n) is 3.50. The Hall–Kier alpha value is -2.49. The highest BCUT2D eigenvalue weighted by Crippen LogP contribution is 2.25. The van der Waals surface area contributed by atoms with Crippen LogP contribution in [0.5, 0.6) is 0 Å². The van der Waals surface area contributed by atoms with Crippen molar-refractivity contribution in [1.29, 1.82) is 5.26 Å². The Kier molecular flexibility index (Phi) is 4.32. The van der Waals surface area contributed by atoms with Crippen LogP contribution >= 0.6 is 0 Å². The molecular weight excluding hydrogens is 241 g/mol. The van der Waals surface area contributed by atoms with Crippen molar-refractivity contribution < 1.29 is 14.1 Å². The first-order valence-electron chi connectivity index (χ1n) is 5.14. The number of nitro groups is 1. The monoisotopic (exact) mass is 251 g/mol. The van der Waals surface area contributed by atoms with Crippen molar-refractivity contribution in [3.63, 3.8) is 0 Å². The summed E-state index contributed by atoms with van der Waals surface area (Å²) >= 11 is 0. The zero-order valence-electron chi connectivity index (χ0n) is 9.51. The van der Waals surface area contributed by atoms with Crippen LogP contribution in [-0.2, 0) is 4.79 Å². The zero-order valence-corrected chi connectivity index (χ0v) is 9.51. The number of hydrogen-bond acceptors (Lipinski definition) is 4. The first kappa shape index (κ1) is 13.6. The van der Waals surface area contributed by atoms with E-state index in [1.165, 1.54) is 0 Å². The van der Waals surface area contributed by atoms with Gasteiger partial charge in [0, 0.05) is 0 Å². The lowest BCUT2D eigenvalue weighted by Crippen LogP contribution is -2.21. The Morgan fingerprint density at radius 3 is 2.83 bits per heavy atom. The predicted octanol–water partition coefficient (Wildman–Crippen LogP) is 2.22. The SMILES string of the molecule is CCC(C#N)C(=O)Nc1ccc(F)cc1[N+](=O)[O-]. The molecule has 0 aromatic heterocycles. The molecule has 1 amide bonds. The fraction of sp³-hybridized carbons (Fsp3) is 0.273. The molecular formula is C11H10FN3O3. The number of nitro benzene ring substituents is 1. The predicted molar refractivity (Wildman–Crippen MR) is 61.1 cm³/mol. The molecule has 1 aromatic rings. The highest BCUT2D eigenvalue weighted by Gasteiger charge is 2.21. The van der Waals surface area contributed by atoms with E-state index in [1.54, 1.807) is 13.0 Å². The number of anilines is 1. The van der Waals surface area contributed by atoms with Gasteiger partial charge in [-0.3, -0.25) is 14.9 Å². The van der Waals surface area contributed by atoms with Crippen LogP contribution in [0.15, 0.2) is 18.2 Å². The van der Waals surface area contributed by atoms with Gasteiger partial charge in [0.25, 0.3) is 5.69 Å². The first-order chi connectivity index (χ1) is 8.49. The summed E-state index contributed by atoms with van der Waals surface area (Å²) in [6.07, 6.45) is 0.289. The van der Waals surface area contributed by atoms with E-state index in [2.05, 4.69) is 5.32 Å². The molecule has 1 unspecified atom stereocenters. The van der Waals surface area contributed by atoms with Gasteiger partial charge in [-0.15, -0.1) is 0 Å². The molecule has 1 rings (SSSR count). The van der Waals surface area contributed by atoms with E-state index in [9.17, 15) is 19.3 Å². The Morgan fingerprint density at radius 2 is 2.33 bits per heavy atom. The van der Waals surface area contributed by atoms with Gasteiger partial charge in [0.2, 0.25) is 5.91 Å². The highest BCUT2D eigenvalue weighted by molar-refractivity contribution is 5.96. The number of nitrogens with zero attached hydrogens (tertiary/aromatic N) is 2.